The van der Waals surface area contributed by atoms with Crippen LogP contribution in [0.4, 0.5) is 5.13 Å². The number of rotatable bonds is 4. The number of para-hydroxylation sites is 1. The predicted molar refractivity (Wildman–Crippen MR) is 139 cm³/mol. The second-order valence-electron chi connectivity index (χ2n) is 8.59. The number of pyridine rings is 1. The van der Waals surface area contributed by atoms with Crippen molar-refractivity contribution in [1.82, 2.24) is 24.6 Å². The smallest absolute Gasteiger partial charge is 0.257 e. The van der Waals surface area contributed by atoms with E-state index in [-0.39, 0.29) is 5.91 Å². The van der Waals surface area contributed by atoms with Gasteiger partial charge in [0.1, 0.15) is 16.0 Å². The molecule has 0 atom stereocenters. The highest BCUT2D eigenvalue weighted by atomic mass is 32.1. The first kappa shape index (κ1) is 21.5. The van der Waals surface area contributed by atoms with E-state index in [0.29, 0.717) is 18.7 Å². The number of amides is 1. The van der Waals surface area contributed by atoms with E-state index in [1.165, 1.54) is 0 Å². The quantitative estimate of drug-likeness (QED) is 0.369. The van der Waals surface area contributed by atoms with Gasteiger partial charge in [0.15, 0.2) is 5.13 Å². The molecule has 0 bridgehead atoms. The van der Waals surface area contributed by atoms with Gasteiger partial charge in [-0.05, 0) is 36.8 Å². The third-order valence-corrected chi connectivity index (χ3v) is 7.40. The van der Waals surface area contributed by atoms with Crippen LogP contribution in [0.25, 0.3) is 27.3 Å². The fourth-order valence-corrected chi connectivity index (χ4v) is 5.41. The first-order chi connectivity index (χ1) is 17.2. The number of hydrogen-bond acceptors (Lipinski definition) is 6. The first-order valence-electron chi connectivity index (χ1n) is 11.6. The van der Waals surface area contributed by atoms with Crippen molar-refractivity contribution in [3.05, 3.63) is 90.3 Å². The van der Waals surface area contributed by atoms with E-state index in [1.54, 1.807) is 22.2 Å². The number of anilines is 1. The highest BCUT2D eigenvalue weighted by molar-refractivity contribution is 7.21. The Balaban J connectivity index is 1.28. The van der Waals surface area contributed by atoms with Crippen LogP contribution in [-0.4, -0.2) is 56.7 Å². The third kappa shape index (κ3) is 4.06. The standard InChI is InChI=1S/C27H24N6OS/c1-19-8-5-6-11-21(19)24-22(18-33(30-24)20-9-3-2-4-10-20)26(34)31-14-16-32(17-15-31)27-29-23-12-7-13-28-25(23)35-27/h2-13,18H,14-17H2,1H3. The van der Waals surface area contributed by atoms with E-state index in [9.17, 15) is 4.79 Å². The Morgan fingerprint density at radius 1 is 0.914 bits per heavy atom. The maximum atomic E-state index is 13.8. The number of nitrogens with zero attached hydrogens (tertiary/aromatic N) is 6. The average Bonchev–Trinajstić information content (AvgIpc) is 3.54. The van der Waals surface area contributed by atoms with E-state index in [1.807, 2.05) is 71.8 Å². The molecule has 3 aromatic heterocycles. The van der Waals surface area contributed by atoms with E-state index in [0.717, 1.165) is 51.1 Å². The van der Waals surface area contributed by atoms with E-state index >= 15 is 0 Å². The molecule has 8 heteroatoms. The average molecular weight is 481 g/mol. The van der Waals surface area contributed by atoms with Crippen LogP contribution in [-0.2, 0) is 0 Å². The number of thiazole rings is 1. The molecule has 1 aliphatic rings. The van der Waals surface area contributed by atoms with Gasteiger partial charge >= 0.3 is 0 Å². The van der Waals surface area contributed by atoms with Gasteiger partial charge in [-0.15, -0.1) is 0 Å². The number of aryl methyl sites for hydroxylation is 1. The lowest BCUT2D eigenvalue weighted by Crippen LogP contribution is -2.48. The molecule has 0 saturated carbocycles. The summed E-state index contributed by atoms with van der Waals surface area (Å²) in [4.78, 5) is 28.0. The molecule has 0 radical (unpaired) electrons. The zero-order chi connectivity index (χ0) is 23.8. The lowest BCUT2D eigenvalue weighted by molar-refractivity contribution is 0.0747. The molecule has 6 rings (SSSR count). The van der Waals surface area contributed by atoms with Crippen LogP contribution in [0.5, 0.6) is 0 Å². The minimum absolute atomic E-state index is 0.0102. The van der Waals surface area contributed by atoms with Gasteiger partial charge < -0.3 is 9.80 Å². The van der Waals surface area contributed by atoms with Crippen molar-refractivity contribution in [2.75, 3.05) is 31.1 Å². The molecule has 5 aromatic rings. The van der Waals surface area contributed by atoms with Crippen LogP contribution in [0.3, 0.4) is 0 Å². The minimum Gasteiger partial charge on any atom is -0.344 e. The van der Waals surface area contributed by atoms with Crippen LogP contribution < -0.4 is 4.90 Å². The largest absolute Gasteiger partial charge is 0.344 e. The Hall–Kier alpha value is -4.04. The maximum absolute atomic E-state index is 13.8. The number of hydrogen-bond donors (Lipinski definition) is 0. The number of carbonyl (C=O) groups is 1. The van der Waals surface area contributed by atoms with Crippen molar-refractivity contribution < 1.29 is 4.79 Å². The Morgan fingerprint density at radius 3 is 2.46 bits per heavy atom. The summed E-state index contributed by atoms with van der Waals surface area (Å²) in [7, 11) is 0. The lowest BCUT2D eigenvalue weighted by atomic mass is 10.0. The van der Waals surface area contributed by atoms with Gasteiger partial charge in [0.25, 0.3) is 5.91 Å². The summed E-state index contributed by atoms with van der Waals surface area (Å²) in [5, 5.41) is 5.82. The van der Waals surface area contributed by atoms with E-state index in [4.69, 9.17) is 10.1 Å². The summed E-state index contributed by atoms with van der Waals surface area (Å²) in [6.07, 6.45) is 3.66. The summed E-state index contributed by atoms with van der Waals surface area (Å²) >= 11 is 1.60. The van der Waals surface area contributed by atoms with Crippen LogP contribution in [0.15, 0.2) is 79.1 Å². The van der Waals surface area contributed by atoms with Crippen molar-refractivity contribution in [2.45, 2.75) is 6.92 Å². The second-order valence-corrected chi connectivity index (χ2v) is 9.55. The van der Waals surface area contributed by atoms with Gasteiger partial charge in [0, 0.05) is 44.1 Å². The number of benzene rings is 2. The van der Waals surface area contributed by atoms with Gasteiger partial charge in [-0.2, -0.15) is 5.10 Å². The highest BCUT2D eigenvalue weighted by Gasteiger charge is 2.28. The van der Waals surface area contributed by atoms with Crippen molar-refractivity contribution in [3.8, 4) is 16.9 Å². The Kier molecular flexibility index (Phi) is 5.50. The molecule has 1 amide bonds. The Bertz CT molecular complexity index is 1470. The predicted octanol–water partition coefficient (Wildman–Crippen LogP) is 4.81. The van der Waals surface area contributed by atoms with Crippen molar-refractivity contribution in [1.29, 1.82) is 0 Å². The first-order valence-corrected chi connectivity index (χ1v) is 12.5. The van der Waals surface area contributed by atoms with Crippen molar-refractivity contribution in [2.24, 2.45) is 0 Å². The molecular weight excluding hydrogens is 456 g/mol. The van der Waals surface area contributed by atoms with Crippen molar-refractivity contribution >= 4 is 32.7 Å². The van der Waals surface area contributed by atoms with Crippen molar-refractivity contribution in [3.63, 3.8) is 0 Å². The Labute approximate surface area is 207 Å². The van der Waals surface area contributed by atoms with Crippen LogP contribution in [0.1, 0.15) is 15.9 Å². The molecule has 2 aromatic carbocycles. The Morgan fingerprint density at radius 2 is 1.69 bits per heavy atom. The van der Waals surface area contributed by atoms with Gasteiger partial charge in [0.2, 0.25) is 0 Å². The van der Waals surface area contributed by atoms with Crippen LogP contribution >= 0.6 is 11.3 Å². The second kappa shape index (κ2) is 8.96. The fourth-order valence-electron chi connectivity index (χ4n) is 4.45. The molecular formula is C27H24N6OS. The van der Waals surface area contributed by atoms with Gasteiger partial charge in [-0.3, -0.25) is 4.79 Å². The minimum atomic E-state index is 0.0102. The zero-order valence-electron chi connectivity index (χ0n) is 19.3. The molecule has 4 heterocycles. The van der Waals surface area contributed by atoms with Gasteiger partial charge in [0.05, 0.1) is 11.3 Å². The zero-order valence-corrected chi connectivity index (χ0v) is 20.2. The molecule has 0 unspecified atom stereocenters. The maximum Gasteiger partial charge on any atom is 0.257 e. The number of piperazine rings is 1. The van der Waals surface area contributed by atoms with Gasteiger partial charge in [-0.25, -0.2) is 14.6 Å². The molecule has 1 saturated heterocycles. The fraction of sp³-hybridized carbons (Fsp3) is 0.185. The van der Waals surface area contributed by atoms with Crippen LogP contribution in [0, 0.1) is 6.92 Å². The number of fused-ring (bicyclic) bond motifs is 1. The number of aromatic nitrogens is 4. The molecule has 0 aliphatic carbocycles. The molecule has 35 heavy (non-hydrogen) atoms. The van der Waals surface area contributed by atoms with E-state index in [2.05, 4.69) is 22.9 Å². The highest BCUT2D eigenvalue weighted by Crippen LogP contribution is 2.30. The topological polar surface area (TPSA) is 67.2 Å². The molecule has 7 nitrogen and oxygen atoms in total. The van der Waals surface area contributed by atoms with Gasteiger partial charge in [-0.1, -0.05) is 53.8 Å². The SMILES string of the molecule is Cc1ccccc1-c1nn(-c2ccccc2)cc1C(=O)N1CCN(c2nc3cccnc3s2)CC1. The summed E-state index contributed by atoms with van der Waals surface area (Å²) in [6.45, 7) is 4.78. The normalized spacial score (nSPS) is 14.0. The monoisotopic (exact) mass is 480 g/mol. The summed E-state index contributed by atoms with van der Waals surface area (Å²) in [5.74, 6) is 0.0102. The summed E-state index contributed by atoms with van der Waals surface area (Å²) < 4.78 is 1.80. The summed E-state index contributed by atoms with van der Waals surface area (Å²) in [5.41, 5.74) is 5.26. The summed E-state index contributed by atoms with van der Waals surface area (Å²) in [6, 6.07) is 21.9. The lowest BCUT2D eigenvalue weighted by Gasteiger charge is -2.34. The third-order valence-electron chi connectivity index (χ3n) is 6.36. The molecule has 1 aliphatic heterocycles. The number of carbonyl (C=O) groups excluding carboxylic acids is 1. The molecule has 174 valence electrons. The molecule has 0 N–H and O–H groups in total. The van der Waals surface area contributed by atoms with Crippen LogP contribution in [0.2, 0.25) is 0 Å². The van der Waals surface area contributed by atoms with E-state index < -0.39 is 0 Å². The molecule has 0 spiro atoms. The molecule has 1 fully saturated rings.